The second kappa shape index (κ2) is 7.54. The van der Waals surface area contributed by atoms with Crippen LogP contribution in [0.3, 0.4) is 0 Å². The first-order valence-corrected chi connectivity index (χ1v) is 9.03. The van der Waals surface area contributed by atoms with Crippen LogP contribution in [0, 0.1) is 0 Å². The summed E-state index contributed by atoms with van der Waals surface area (Å²) >= 11 is 0. The Hall–Kier alpha value is -1.92. The summed E-state index contributed by atoms with van der Waals surface area (Å²) in [5.41, 5.74) is 2.49. The highest BCUT2D eigenvalue weighted by Gasteiger charge is 2.26. The average Bonchev–Trinajstić information content (AvgIpc) is 2.58. The number of amides is 2. The van der Waals surface area contributed by atoms with Crippen molar-refractivity contribution in [2.75, 3.05) is 25.0 Å². The van der Waals surface area contributed by atoms with E-state index in [4.69, 9.17) is 4.74 Å². The largest absolute Gasteiger partial charge is 0.373 e. The molecule has 6 nitrogen and oxygen atoms in total. The van der Waals surface area contributed by atoms with Gasteiger partial charge < -0.3 is 15.4 Å². The van der Waals surface area contributed by atoms with Gasteiger partial charge in [-0.2, -0.15) is 0 Å². The molecule has 6 heteroatoms. The number of nitrogens with one attached hydrogen (secondary N) is 2. The number of ether oxygens (including phenoxy) is 1. The van der Waals surface area contributed by atoms with E-state index in [2.05, 4.69) is 36.3 Å². The third-order valence-corrected chi connectivity index (χ3v) is 4.89. The molecular formula is C19H27N3O3. The maximum Gasteiger partial charge on any atom is 0.251 e. The van der Waals surface area contributed by atoms with Crippen LogP contribution in [0.25, 0.3) is 0 Å². The van der Waals surface area contributed by atoms with Gasteiger partial charge in [-0.3, -0.25) is 14.5 Å². The highest BCUT2D eigenvalue weighted by Crippen LogP contribution is 2.23. The number of aryl methyl sites for hydroxylation is 1. The molecule has 1 aromatic carbocycles. The number of hydrogen-bond acceptors (Lipinski definition) is 4. The molecule has 2 N–H and O–H groups in total. The summed E-state index contributed by atoms with van der Waals surface area (Å²) in [4.78, 5) is 26.2. The van der Waals surface area contributed by atoms with E-state index in [-0.39, 0.29) is 30.1 Å². The van der Waals surface area contributed by atoms with Crippen molar-refractivity contribution in [3.63, 3.8) is 0 Å². The highest BCUT2D eigenvalue weighted by molar-refractivity contribution is 5.97. The molecule has 3 rings (SSSR count). The Kier molecular flexibility index (Phi) is 5.39. The molecule has 136 valence electrons. The van der Waals surface area contributed by atoms with Gasteiger partial charge in [-0.05, 0) is 51.0 Å². The highest BCUT2D eigenvalue weighted by atomic mass is 16.5. The van der Waals surface area contributed by atoms with Gasteiger partial charge in [0.2, 0.25) is 5.91 Å². The molecule has 2 amide bonds. The molecule has 2 aliphatic heterocycles. The summed E-state index contributed by atoms with van der Waals surface area (Å²) < 4.78 is 5.76. The first-order chi connectivity index (χ1) is 11.9. The summed E-state index contributed by atoms with van der Waals surface area (Å²) in [6.45, 7) is 8.68. The van der Waals surface area contributed by atoms with Crippen molar-refractivity contribution in [3.05, 3.63) is 29.3 Å². The molecule has 1 fully saturated rings. The summed E-state index contributed by atoms with van der Waals surface area (Å²) in [7, 11) is 0. The SMILES string of the molecule is CC1CN(C(C)CNC(=O)c2ccc3c(c2)CCC(=O)N3)CC(C)O1. The number of fused-ring (bicyclic) bond motifs is 1. The van der Waals surface area contributed by atoms with Gasteiger partial charge in [0.1, 0.15) is 0 Å². The first kappa shape index (κ1) is 17.9. The van der Waals surface area contributed by atoms with Crippen molar-refractivity contribution in [1.82, 2.24) is 10.2 Å². The van der Waals surface area contributed by atoms with Crippen LogP contribution in [-0.4, -0.2) is 54.6 Å². The molecule has 25 heavy (non-hydrogen) atoms. The van der Waals surface area contributed by atoms with Crippen LogP contribution < -0.4 is 10.6 Å². The molecule has 0 spiro atoms. The van der Waals surface area contributed by atoms with E-state index in [9.17, 15) is 9.59 Å². The van der Waals surface area contributed by atoms with Gasteiger partial charge in [0, 0.05) is 43.3 Å². The van der Waals surface area contributed by atoms with Crippen LogP contribution in [0.5, 0.6) is 0 Å². The van der Waals surface area contributed by atoms with Gasteiger partial charge in [-0.1, -0.05) is 0 Å². The first-order valence-electron chi connectivity index (χ1n) is 9.03. The van der Waals surface area contributed by atoms with Crippen molar-refractivity contribution < 1.29 is 14.3 Å². The van der Waals surface area contributed by atoms with E-state index < -0.39 is 0 Å². The average molecular weight is 345 g/mol. The number of morpholine rings is 1. The molecule has 1 aromatic rings. The minimum Gasteiger partial charge on any atom is -0.373 e. The molecule has 3 unspecified atom stereocenters. The lowest BCUT2D eigenvalue weighted by Gasteiger charge is -2.39. The summed E-state index contributed by atoms with van der Waals surface area (Å²) in [5, 5.41) is 5.87. The second-order valence-corrected chi connectivity index (χ2v) is 7.19. The lowest BCUT2D eigenvalue weighted by atomic mass is 10.00. The lowest BCUT2D eigenvalue weighted by molar-refractivity contribution is -0.116. The van der Waals surface area contributed by atoms with Crippen molar-refractivity contribution in [2.24, 2.45) is 0 Å². The molecule has 2 heterocycles. The van der Waals surface area contributed by atoms with Crippen molar-refractivity contribution in [1.29, 1.82) is 0 Å². The molecule has 0 aliphatic carbocycles. The fraction of sp³-hybridized carbons (Fsp3) is 0.579. The molecule has 0 bridgehead atoms. The number of hydrogen-bond donors (Lipinski definition) is 2. The summed E-state index contributed by atoms with van der Waals surface area (Å²) in [5.74, 6) is -0.0339. The van der Waals surface area contributed by atoms with Crippen LogP contribution >= 0.6 is 0 Å². The summed E-state index contributed by atoms with van der Waals surface area (Å²) in [6.07, 6.45) is 1.60. The number of rotatable bonds is 4. The Bertz CT molecular complexity index is 651. The van der Waals surface area contributed by atoms with E-state index in [1.807, 2.05) is 12.1 Å². The van der Waals surface area contributed by atoms with Crippen LogP contribution in [0.4, 0.5) is 5.69 Å². The number of benzene rings is 1. The van der Waals surface area contributed by atoms with Crippen molar-refractivity contribution in [3.8, 4) is 0 Å². The van der Waals surface area contributed by atoms with E-state index in [1.54, 1.807) is 6.07 Å². The normalized spacial score (nSPS) is 25.0. The third kappa shape index (κ3) is 4.38. The Morgan fingerprint density at radius 2 is 2.04 bits per heavy atom. The Labute approximate surface area is 148 Å². The zero-order valence-corrected chi connectivity index (χ0v) is 15.2. The maximum atomic E-state index is 12.5. The van der Waals surface area contributed by atoms with E-state index in [0.717, 1.165) is 24.3 Å². The quantitative estimate of drug-likeness (QED) is 0.873. The fourth-order valence-corrected chi connectivity index (χ4v) is 3.57. The Morgan fingerprint density at radius 1 is 1.32 bits per heavy atom. The van der Waals surface area contributed by atoms with Gasteiger partial charge in [0.25, 0.3) is 5.91 Å². The van der Waals surface area contributed by atoms with Crippen LogP contribution in [0.15, 0.2) is 18.2 Å². The summed E-state index contributed by atoms with van der Waals surface area (Å²) in [6, 6.07) is 5.72. The van der Waals surface area contributed by atoms with Crippen LogP contribution in [0.1, 0.15) is 43.1 Å². The monoisotopic (exact) mass is 345 g/mol. The fourth-order valence-electron chi connectivity index (χ4n) is 3.57. The van der Waals surface area contributed by atoms with Crippen molar-refractivity contribution >= 4 is 17.5 Å². The van der Waals surface area contributed by atoms with Gasteiger partial charge >= 0.3 is 0 Å². The molecule has 0 radical (unpaired) electrons. The van der Waals surface area contributed by atoms with Crippen molar-refractivity contribution in [2.45, 2.75) is 51.9 Å². The number of nitrogens with zero attached hydrogens (tertiary/aromatic N) is 1. The second-order valence-electron chi connectivity index (χ2n) is 7.19. The third-order valence-electron chi connectivity index (χ3n) is 4.89. The topological polar surface area (TPSA) is 70.7 Å². The molecule has 2 aliphatic rings. The number of carbonyl (C=O) groups excluding carboxylic acids is 2. The number of anilines is 1. The van der Waals surface area contributed by atoms with Gasteiger partial charge in [0.15, 0.2) is 0 Å². The van der Waals surface area contributed by atoms with Gasteiger partial charge in [-0.15, -0.1) is 0 Å². The smallest absolute Gasteiger partial charge is 0.251 e. The minimum absolute atomic E-state index is 0.0347. The molecular weight excluding hydrogens is 318 g/mol. The zero-order chi connectivity index (χ0) is 18.0. The minimum atomic E-state index is -0.0686. The molecule has 3 atom stereocenters. The Morgan fingerprint density at radius 3 is 2.76 bits per heavy atom. The predicted molar refractivity (Wildman–Crippen MR) is 96.8 cm³/mol. The molecule has 0 aromatic heterocycles. The van der Waals surface area contributed by atoms with Gasteiger partial charge in [0.05, 0.1) is 12.2 Å². The van der Waals surface area contributed by atoms with E-state index in [0.29, 0.717) is 24.9 Å². The number of carbonyl (C=O) groups is 2. The Balaban J connectivity index is 1.56. The molecule has 1 saturated heterocycles. The van der Waals surface area contributed by atoms with Gasteiger partial charge in [-0.25, -0.2) is 0 Å². The van der Waals surface area contributed by atoms with Crippen LogP contribution in [0.2, 0.25) is 0 Å². The zero-order valence-electron chi connectivity index (χ0n) is 15.2. The standard InChI is InChI=1S/C19H27N3O3/c1-12(22-10-13(2)25-14(3)11-22)9-20-19(24)16-4-6-17-15(8-16)5-7-18(23)21-17/h4,6,8,12-14H,5,7,9-11H2,1-3H3,(H,20,24)(H,21,23). The van der Waals surface area contributed by atoms with E-state index in [1.165, 1.54) is 0 Å². The lowest BCUT2D eigenvalue weighted by Crippen LogP contribution is -2.52. The van der Waals surface area contributed by atoms with Crippen LogP contribution in [-0.2, 0) is 16.0 Å². The van der Waals surface area contributed by atoms with E-state index >= 15 is 0 Å². The molecule has 0 saturated carbocycles. The predicted octanol–water partition coefficient (Wildman–Crippen LogP) is 1.80. The maximum absolute atomic E-state index is 12.5.